The normalized spacial score (nSPS) is 12.4. The van der Waals surface area contributed by atoms with E-state index >= 15 is 0 Å². The molecule has 5 heteroatoms. The fraction of sp³-hybridized carbons (Fsp3) is 0.200. The lowest BCUT2D eigenvalue weighted by molar-refractivity contribution is 0.561. The molecule has 0 heterocycles. The van der Waals surface area contributed by atoms with E-state index in [0.717, 1.165) is 20.6 Å². The van der Waals surface area contributed by atoms with E-state index in [9.17, 15) is 8.78 Å². The van der Waals surface area contributed by atoms with Crippen LogP contribution >= 0.6 is 31.9 Å². The lowest BCUT2D eigenvalue weighted by Gasteiger charge is -2.19. The quantitative estimate of drug-likeness (QED) is 0.756. The van der Waals surface area contributed by atoms with Gasteiger partial charge < -0.3 is 5.32 Å². The SMILES string of the molecule is CNC(Cc1cc(F)cc(F)c1)c1cc(Br)ccc1Br. The molecule has 1 N–H and O–H groups in total. The predicted molar refractivity (Wildman–Crippen MR) is 83.7 cm³/mol. The summed E-state index contributed by atoms with van der Waals surface area (Å²) in [6.07, 6.45) is 0.500. The van der Waals surface area contributed by atoms with Crippen molar-refractivity contribution in [1.29, 1.82) is 0 Å². The van der Waals surface area contributed by atoms with Crippen LogP contribution in [-0.2, 0) is 6.42 Å². The van der Waals surface area contributed by atoms with Gasteiger partial charge in [0.15, 0.2) is 0 Å². The molecule has 1 unspecified atom stereocenters. The Morgan fingerprint density at radius 2 is 1.70 bits per heavy atom. The highest BCUT2D eigenvalue weighted by Crippen LogP contribution is 2.29. The molecule has 2 rings (SSSR count). The molecule has 0 saturated carbocycles. The van der Waals surface area contributed by atoms with Crippen molar-refractivity contribution in [2.24, 2.45) is 0 Å². The Kier molecular flexibility index (Phi) is 5.29. The summed E-state index contributed by atoms with van der Waals surface area (Å²) in [5.74, 6) is -1.11. The Bertz CT molecular complexity index is 597. The Balaban J connectivity index is 2.31. The Morgan fingerprint density at radius 3 is 2.30 bits per heavy atom. The maximum absolute atomic E-state index is 13.3. The molecule has 0 aromatic heterocycles. The van der Waals surface area contributed by atoms with Crippen molar-refractivity contribution in [3.05, 3.63) is 68.1 Å². The molecule has 0 saturated heterocycles. The van der Waals surface area contributed by atoms with Crippen LogP contribution in [0.1, 0.15) is 17.2 Å². The van der Waals surface area contributed by atoms with E-state index in [4.69, 9.17) is 0 Å². The third-order valence-corrected chi connectivity index (χ3v) is 4.26. The van der Waals surface area contributed by atoms with Crippen molar-refractivity contribution in [3.63, 3.8) is 0 Å². The maximum atomic E-state index is 13.3. The highest BCUT2D eigenvalue weighted by Gasteiger charge is 2.15. The first kappa shape index (κ1) is 15.6. The van der Waals surface area contributed by atoms with Gasteiger partial charge in [-0.05, 0) is 54.9 Å². The highest BCUT2D eigenvalue weighted by atomic mass is 79.9. The zero-order chi connectivity index (χ0) is 14.7. The molecule has 106 valence electrons. The average molecular weight is 405 g/mol. The number of hydrogen-bond donors (Lipinski definition) is 1. The summed E-state index contributed by atoms with van der Waals surface area (Å²) in [7, 11) is 1.83. The van der Waals surface area contributed by atoms with E-state index in [2.05, 4.69) is 37.2 Å². The third kappa shape index (κ3) is 3.87. The average Bonchev–Trinajstić information content (AvgIpc) is 2.38. The number of hydrogen-bond acceptors (Lipinski definition) is 1. The van der Waals surface area contributed by atoms with Crippen LogP contribution in [0.25, 0.3) is 0 Å². The van der Waals surface area contributed by atoms with Gasteiger partial charge >= 0.3 is 0 Å². The number of likely N-dealkylation sites (N-methyl/N-ethyl adjacent to an activating group) is 1. The summed E-state index contributed by atoms with van der Waals surface area (Å²) in [6, 6.07) is 9.42. The van der Waals surface area contributed by atoms with Crippen LogP contribution in [-0.4, -0.2) is 7.05 Å². The smallest absolute Gasteiger partial charge is 0.126 e. The van der Waals surface area contributed by atoms with Crippen LogP contribution in [0.3, 0.4) is 0 Å². The monoisotopic (exact) mass is 403 g/mol. The second kappa shape index (κ2) is 6.78. The summed E-state index contributed by atoms with van der Waals surface area (Å²) < 4.78 is 28.4. The third-order valence-electron chi connectivity index (χ3n) is 3.04. The first-order chi connectivity index (χ1) is 9.49. The van der Waals surface area contributed by atoms with Gasteiger partial charge in [0.2, 0.25) is 0 Å². The van der Waals surface area contributed by atoms with Crippen molar-refractivity contribution >= 4 is 31.9 Å². The van der Waals surface area contributed by atoms with Crippen LogP contribution in [0, 0.1) is 11.6 Å². The first-order valence-electron chi connectivity index (χ1n) is 6.07. The summed E-state index contributed by atoms with van der Waals surface area (Å²) in [5, 5.41) is 3.18. The van der Waals surface area contributed by atoms with Crippen LogP contribution in [0.15, 0.2) is 45.3 Å². The Morgan fingerprint density at radius 1 is 1.05 bits per heavy atom. The van der Waals surface area contributed by atoms with E-state index in [1.807, 2.05) is 25.2 Å². The molecular formula is C15H13Br2F2N. The molecule has 1 nitrogen and oxygen atoms in total. The fourth-order valence-electron chi connectivity index (χ4n) is 2.11. The van der Waals surface area contributed by atoms with Crippen LogP contribution in [0.4, 0.5) is 8.78 Å². The van der Waals surface area contributed by atoms with Gasteiger partial charge in [-0.2, -0.15) is 0 Å². The molecule has 0 bridgehead atoms. The van der Waals surface area contributed by atoms with Gasteiger partial charge in [0, 0.05) is 21.1 Å². The molecule has 0 radical (unpaired) electrons. The minimum absolute atomic E-state index is 0.0388. The lowest BCUT2D eigenvalue weighted by atomic mass is 9.99. The predicted octanol–water partition coefficient (Wildman–Crippen LogP) is 4.99. The van der Waals surface area contributed by atoms with Gasteiger partial charge in [-0.25, -0.2) is 8.78 Å². The minimum Gasteiger partial charge on any atom is -0.313 e. The fourth-order valence-corrected chi connectivity index (χ4v) is 3.02. The summed E-state index contributed by atoms with van der Waals surface area (Å²) in [6.45, 7) is 0. The highest BCUT2D eigenvalue weighted by molar-refractivity contribution is 9.11. The van der Waals surface area contributed by atoms with Gasteiger partial charge in [-0.15, -0.1) is 0 Å². The number of benzene rings is 2. The van der Waals surface area contributed by atoms with E-state index < -0.39 is 11.6 Å². The topological polar surface area (TPSA) is 12.0 Å². The molecule has 1 atom stereocenters. The van der Waals surface area contributed by atoms with E-state index in [-0.39, 0.29) is 6.04 Å². The molecule has 0 fully saturated rings. The molecule has 0 spiro atoms. The summed E-state index contributed by atoms with van der Waals surface area (Å²) in [5.41, 5.74) is 1.65. The van der Waals surface area contributed by atoms with Gasteiger partial charge in [-0.3, -0.25) is 0 Å². The molecule has 0 aliphatic carbocycles. The molecule has 20 heavy (non-hydrogen) atoms. The van der Waals surface area contributed by atoms with Crippen molar-refractivity contribution < 1.29 is 8.78 Å². The largest absolute Gasteiger partial charge is 0.313 e. The number of halogens is 4. The van der Waals surface area contributed by atoms with Gasteiger partial charge in [0.25, 0.3) is 0 Å². The second-order valence-electron chi connectivity index (χ2n) is 4.49. The van der Waals surface area contributed by atoms with Gasteiger partial charge in [0.1, 0.15) is 11.6 Å². The Hall–Kier alpha value is -0.780. The maximum Gasteiger partial charge on any atom is 0.126 e. The molecule has 0 amide bonds. The zero-order valence-electron chi connectivity index (χ0n) is 10.8. The summed E-state index contributed by atoms with van der Waals surface area (Å²) in [4.78, 5) is 0. The minimum atomic E-state index is -0.553. The van der Waals surface area contributed by atoms with Gasteiger partial charge in [0.05, 0.1) is 0 Å². The van der Waals surface area contributed by atoms with E-state index in [0.29, 0.717) is 12.0 Å². The van der Waals surface area contributed by atoms with Crippen molar-refractivity contribution in [3.8, 4) is 0 Å². The number of rotatable bonds is 4. The molecule has 2 aromatic rings. The van der Waals surface area contributed by atoms with E-state index in [1.165, 1.54) is 12.1 Å². The van der Waals surface area contributed by atoms with Crippen molar-refractivity contribution in [2.45, 2.75) is 12.5 Å². The molecule has 0 aliphatic rings. The summed E-state index contributed by atoms with van der Waals surface area (Å²) >= 11 is 6.94. The second-order valence-corrected chi connectivity index (χ2v) is 6.26. The zero-order valence-corrected chi connectivity index (χ0v) is 13.9. The van der Waals surface area contributed by atoms with Crippen molar-refractivity contribution in [2.75, 3.05) is 7.05 Å². The van der Waals surface area contributed by atoms with Crippen LogP contribution in [0.5, 0.6) is 0 Å². The first-order valence-corrected chi connectivity index (χ1v) is 7.65. The van der Waals surface area contributed by atoms with Crippen molar-refractivity contribution in [1.82, 2.24) is 5.32 Å². The lowest BCUT2D eigenvalue weighted by Crippen LogP contribution is -2.19. The van der Waals surface area contributed by atoms with Gasteiger partial charge in [-0.1, -0.05) is 31.9 Å². The van der Waals surface area contributed by atoms with Crippen LogP contribution in [0.2, 0.25) is 0 Å². The molecule has 2 aromatic carbocycles. The Labute approximate surface area is 133 Å². The van der Waals surface area contributed by atoms with Crippen LogP contribution < -0.4 is 5.32 Å². The standard InChI is InChI=1S/C15H13Br2F2N/c1-20-15(13-7-10(16)2-3-14(13)17)6-9-4-11(18)8-12(19)5-9/h2-5,7-8,15,20H,6H2,1H3. The molecular weight excluding hydrogens is 392 g/mol. The number of nitrogens with one attached hydrogen (secondary N) is 1. The van der Waals surface area contributed by atoms with E-state index in [1.54, 1.807) is 0 Å². The molecule has 0 aliphatic heterocycles.